The number of methoxy groups -OCH3 is 2. The van der Waals surface area contributed by atoms with Crippen LogP contribution < -0.4 is 9.47 Å². The van der Waals surface area contributed by atoms with Gasteiger partial charge in [0.1, 0.15) is 11.5 Å². The van der Waals surface area contributed by atoms with Crippen molar-refractivity contribution < 1.29 is 14.6 Å². The van der Waals surface area contributed by atoms with E-state index in [0.717, 1.165) is 11.5 Å². The summed E-state index contributed by atoms with van der Waals surface area (Å²) in [7, 11) is 3.22. The van der Waals surface area contributed by atoms with Crippen molar-refractivity contribution in [3.8, 4) is 11.5 Å². The Balaban J connectivity index is 2.16. The summed E-state index contributed by atoms with van der Waals surface area (Å²) < 4.78 is 10.4. The van der Waals surface area contributed by atoms with E-state index in [1.807, 2.05) is 78.9 Å². The van der Waals surface area contributed by atoms with Crippen LogP contribution in [0.1, 0.15) is 16.7 Å². The fourth-order valence-electron chi connectivity index (χ4n) is 2.82. The zero-order chi connectivity index (χ0) is 17.0. The van der Waals surface area contributed by atoms with Gasteiger partial charge in [-0.15, -0.1) is 0 Å². The minimum absolute atomic E-state index is 0.666. The summed E-state index contributed by atoms with van der Waals surface area (Å²) in [6, 6.07) is 23.9. The summed E-state index contributed by atoms with van der Waals surface area (Å²) in [4.78, 5) is 0. The van der Waals surface area contributed by atoms with Gasteiger partial charge in [-0.3, -0.25) is 0 Å². The first-order chi connectivity index (χ1) is 11.7. The fourth-order valence-corrected chi connectivity index (χ4v) is 2.82. The average molecular weight is 319 g/mol. The molecular formula is C21H19O3. The van der Waals surface area contributed by atoms with Crippen molar-refractivity contribution in [3.63, 3.8) is 0 Å². The van der Waals surface area contributed by atoms with Gasteiger partial charge in [-0.1, -0.05) is 54.6 Å². The lowest BCUT2D eigenvalue weighted by Crippen LogP contribution is -2.27. The minimum Gasteiger partial charge on any atom is -0.497 e. The van der Waals surface area contributed by atoms with Gasteiger partial charge in [0.2, 0.25) is 0 Å². The van der Waals surface area contributed by atoms with E-state index in [4.69, 9.17) is 9.47 Å². The highest BCUT2D eigenvalue weighted by Gasteiger charge is 2.36. The molecule has 3 aromatic rings. The first-order valence-corrected chi connectivity index (χ1v) is 7.73. The van der Waals surface area contributed by atoms with Crippen molar-refractivity contribution in [2.75, 3.05) is 14.2 Å². The molecule has 0 aliphatic heterocycles. The SMILES string of the molecule is COc1ccc(C([O])(c2ccccc2)c2ccc(OC)cc2)cc1. The van der Waals surface area contributed by atoms with E-state index in [1.54, 1.807) is 14.2 Å². The van der Waals surface area contributed by atoms with Crippen LogP contribution in [0, 0.1) is 0 Å². The molecular weight excluding hydrogens is 300 g/mol. The normalized spacial score (nSPS) is 11.1. The summed E-state index contributed by atoms with van der Waals surface area (Å²) in [5, 5.41) is 14.0. The number of rotatable bonds is 5. The van der Waals surface area contributed by atoms with Crippen LogP contribution in [-0.2, 0) is 10.7 Å². The van der Waals surface area contributed by atoms with E-state index in [2.05, 4.69) is 0 Å². The lowest BCUT2D eigenvalue weighted by molar-refractivity contribution is 0.0410. The van der Waals surface area contributed by atoms with Crippen LogP contribution in [0.5, 0.6) is 11.5 Å². The molecule has 0 bridgehead atoms. The van der Waals surface area contributed by atoms with Gasteiger partial charge in [-0.25, -0.2) is 5.11 Å². The quantitative estimate of drug-likeness (QED) is 0.653. The van der Waals surface area contributed by atoms with Gasteiger partial charge in [0.25, 0.3) is 0 Å². The molecule has 24 heavy (non-hydrogen) atoms. The Hall–Kier alpha value is -2.78. The Labute approximate surface area is 142 Å². The van der Waals surface area contributed by atoms with Crippen molar-refractivity contribution in [2.45, 2.75) is 5.60 Å². The molecule has 3 aromatic carbocycles. The van der Waals surface area contributed by atoms with Gasteiger partial charge >= 0.3 is 0 Å². The van der Waals surface area contributed by atoms with E-state index >= 15 is 0 Å². The second kappa shape index (κ2) is 6.77. The van der Waals surface area contributed by atoms with Crippen LogP contribution in [0.2, 0.25) is 0 Å². The second-order valence-electron chi connectivity index (χ2n) is 5.50. The third-order valence-electron chi connectivity index (χ3n) is 4.17. The molecule has 0 aliphatic carbocycles. The molecule has 0 N–H and O–H groups in total. The zero-order valence-electron chi connectivity index (χ0n) is 13.7. The third-order valence-corrected chi connectivity index (χ3v) is 4.17. The third kappa shape index (κ3) is 2.86. The summed E-state index contributed by atoms with van der Waals surface area (Å²) in [6.45, 7) is 0. The van der Waals surface area contributed by atoms with Gasteiger partial charge < -0.3 is 9.47 Å². The molecule has 3 heteroatoms. The topological polar surface area (TPSA) is 38.4 Å². The van der Waals surface area contributed by atoms with Gasteiger partial charge in [0.05, 0.1) is 14.2 Å². The minimum atomic E-state index is -1.50. The molecule has 0 spiro atoms. The molecule has 3 rings (SSSR count). The van der Waals surface area contributed by atoms with Crippen LogP contribution >= 0.6 is 0 Å². The Morgan fingerprint density at radius 2 is 0.958 bits per heavy atom. The maximum atomic E-state index is 14.0. The van der Waals surface area contributed by atoms with Crippen LogP contribution in [0.15, 0.2) is 78.9 Å². The van der Waals surface area contributed by atoms with Gasteiger partial charge in [-0.2, -0.15) is 0 Å². The van der Waals surface area contributed by atoms with Gasteiger partial charge in [-0.05, 0) is 41.0 Å². The molecule has 0 fully saturated rings. The van der Waals surface area contributed by atoms with Gasteiger partial charge in [0, 0.05) is 0 Å². The highest BCUT2D eigenvalue weighted by Crippen LogP contribution is 2.38. The van der Waals surface area contributed by atoms with Crippen molar-refractivity contribution in [1.29, 1.82) is 0 Å². The lowest BCUT2D eigenvalue weighted by Gasteiger charge is -2.27. The molecule has 0 unspecified atom stereocenters. The highest BCUT2D eigenvalue weighted by molar-refractivity contribution is 5.48. The maximum absolute atomic E-state index is 14.0. The predicted octanol–water partition coefficient (Wildman–Crippen LogP) is 4.43. The Morgan fingerprint density at radius 3 is 1.33 bits per heavy atom. The van der Waals surface area contributed by atoms with Crippen LogP contribution in [0.25, 0.3) is 0 Å². The van der Waals surface area contributed by atoms with E-state index < -0.39 is 5.60 Å². The largest absolute Gasteiger partial charge is 0.497 e. The highest BCUT2D eigenvalue weighted by atomic mass is 16.5. The molecule has 121 valence electrons. The molecule has 0 aliphatic rings. The van der Waals surface area contributed by atoms with E-state index in [-0.39, 0.29) is 0 Å². The maximum Gasteiger partial charge on any atom is 0.179 e. The fraction of sp³-hybridized carbons (Fsp3) is 0.143. The van der Waals surface area contributed by atoms with Crippen LogP contribution in [0.3, 0.4) is 0 Å². The monoisotopic (exact) mass is 319 g/mol. The van der Waals surface area contributed by atoms with E-state index in [0.29, 0.717) is 16.7 Å². The Bertz CT molecular complexity index is 730. The molecule has 0 saturated carbocycles. The van der Waals surface area contributed by atoms with Crippen molar-refractivity contribution >= 4 is 0 Å². The predicted molar refractivity (Wildman–Crippen MR) is 93.0 cm³/mol. The first kappa shape index (κ1) is 16.1. The summed E-state index contributed by atoms with van der Waals surface area (Å²) in [5.74, 6) is 1.45. The van der Waals surface area contributed by atoms with Crippen LogP contribution in [0.4, 0.5) is 0 Å². The van der Waals surface area contributed by atoms with Gasteiger partial charge in [0.15, 0.2) is 5.60 Å². The summed E-state index contributed by atoms with van der Waals surface area (Å²) in [6.07, 6.45) is 0. The van der Waals surface area contributed by atoms with E-state index in [1.165, 1.54) is 0 Å². The molecule has 0 saturated heterocycles. The molecule has 0 aromatic heterocycles. The van der Waals surface area contributed by atoms with Crippen molar-refractivity contribution in [1.82, 2.24) is 0 Å². The molecule has 0 atom stereocenters. The standard InChI is InChI=1S/C21H19O3/c1-23-19-12-8-17(9-13-19)21(22,16-6-4-3-5-7-16)18-10-14-20(24-2)15-11-18/h3-15H,1-2H3. The molecule has 0 heterocycles. The Morgan fingerprint density at radius 1 is 0.583 bits per heavy atom. The summed E-state index contributed by atoms with van der Waals surface area (Å²) in [5.41, 5.74) is 0.527. The number of hydrogen-bond donors (Lipinski definition) is 0. The number of benzene rings is 3. The number of ether oxygens (including phenoxy) is 2. The molecule has 1 radical (unpaired) electrons. The lowest BCUT2D eigenvalue weighted by atomic mass is 9.80. The zero-order valence-corrected chi connectivity index (χ0v) is 13.7. The summed E-state index contributed by atoms with van der Waals surface area (Å²) >= 11 is 0. The van der Waals surface area contributed by atoms with Crippen LogP contribution in [-0.4, -0.2) is 14.2 Å². The Kier molecular flexibility index (Phi) is 4.54. The molecule has 0 amide bonds. The molecule has 3 nitrogen and oxygen atoms in total. The second-order valence-corrected chi connectivity index (χ2v) is 5.50. The van der Waals surface area contributed by atoms with Crippen molar-refractivity contribution in [2.24, 2.45) is 0 Å². The first-order valence-electron chi connectivity index (χ1n) is 7.73. The van der Waals surface area contributed by atoms with E-state index in [9.17, 15) is 5.11 Å². The smallest absolute Gasteiger partial charge is 0.179 e. The number of hydrogen-bond acceptors (Lipinski definition) is 2. The average Bonchev–Trinajstić information content (AvgIpc) is 2.68. The van der Waals surface area contributed by atoms with Crippen molar-refractivity contribution in [3.05, 3.63) is 95.6 Å².